The molecule has 0 radical (unpaired) electrons. The third-order valence-electron chi connectivity index (χ3n) is 5.55. The number of aromatic nitrogens is 2. The van der Waals surface area contributed by atoms with Crippen molar-refractivity contribution < 1.29 is 4.39 Å². The third kappa shape index (κ3) is 5.14. The minimum absolute atomic E-state index is 0.227. The summed E-state index contributed by atoms with van der Waals surface area (Å²) < 4.78 is 13.9. The fraction of sp³-hybridized carbons (Fsp3) is 0.231. The molecule has 4 aromatic rings. The van der Waals surface area contributed by atoms with E-state index in [1.807, 2.05) is 25.1 Å². The summed E-state index contributed by atoms with van der Waals surface area (Å²) in [4.78, 5) is 9.96. The highest BCUT2D eigenvalue weighted by Crippen LogP contribution is 2.24. The first-order valence-electron chi connectivity index (χ1n) is 10.7. The van der Waals surface area contributed by atoms with Crippen molar-refractivity contribution in [1.29, 1.82) is 0 Å². The molecule has 2 aromatic carbocycles. The van der Waals surface area contributed by atoms with Crippen molar-refractivity contribution in [2.24, 2.45) is 0 Å². The predicted molar refractivity (Wildman–Crippen MR) is 133 cm³/mol. The van der Waals surface area contributed by atoms with Crippen LogP contribution in [0, 0.1) is 26.6 Å². The fourth-order valence-corrected chi connectivity index (χ4v) is 4.39. The van der Waals surface area contributed by atoms with Gasteiger partial charge in [0.15, 0.2) is 5.11 Å². The zero-order chi connectivity index (χ0) is 22.7. The summed E-state index contributed by atoms with van der Waals surface area (Å²) in [5.74, 6) is -0.227. The SMILES string of the molecule is Cc1cc(C)cc(NC(=S)N(CCc2c(C)[nH]c3ccc(F)cc23)Cc2ccccn2)c1. The molecule has 0 unspecified atom stereocenters. The van der Waals surface area contributed by atoms with Gasteiger partial charge in [-0.1, -0.05) is 12.1 Å². The van der Waals surface area contributed by atoms with Crippen molar-refractivity contribution >= 4 is 33.9 Å². The maximum Gasteiger partial charge on any atom is 0.173 e. The van der Waals surface area contributed by atoms with E-state index in [0.717, 1.165) is 40.0 Å². The molecule has 164 valence electrons. The normalized spacial score (nSPS) is 11.0. The first-order valence-corrected chi connectivity index (χ1v) is 11.1. The van der Waals surface area contributed by atoms with Crippen molar-refractivity contribution in [1.82, 2.24) is 14.9 Å². The Hall–Kier alpha value is -3.25. The van der Waals surface area contributed by atoms with Crippen LogP contribution < -0.4 is 5.32 Å². The van der Waals surface area contributed by atoms with E-state index in [-0.39, 0.29) is 5.82 Å². The maximum absolute atomic E-state index is 13.9. The van der Waals surface area contributed by atoms with Gasteiger partial charge in [-0.3, -0.25) is 4.98 Å². The minimum atomic E-state index is -0.227. The number of aromatic amines is 1. The van der Waals surface area contributed by atoms with Crippen LogP contribution in [0.25, 0.3) is 10.9 Å². The highest BCUT2D eigenvalue weighted by Gasteiger charge is 2.15. The molecule has 0 amide bonds. The van der Waals surface area contributed by atoms with E-state index in [9.17, 15) is 4.39 Å². The lowest BCUT2D eigenvalue weighted by atomic mass is 10.1. The molecule has 0 bridgehead atoms. The molecule has 0 atom stereocenters. The molecule has 0 saturated carbocycles. The molecular weight excluding hydrogens is 419 g/mol. The molecule has 4 nitrogen and oxygen atoms in total. The minimum Gasteiger partial charge on any atom is -0.358 e. The number of H-pyrrole nitrogens is 1. The van der Waals surface area contributed by atoms with Gasteiger partial charge in [-0.25, -0.2) is 4.39 Å². The van der Waals surface area contributed by atoms with Crippen LogP contribution in [0.1, 0.15) is 28.1 Å². The highest BCUT2D eigenvalue weighted by molar-refractivity contribution is 7.80. The molecule has 4 rings (SSSR count). The van der Waals surface area contributed by atoms with Gasteiger partial charge in [0.2, 0.25) is 0 Å². The molecule has 2 heterocycles. The van der Waals surface area contributed by atoms with E-state index in [0.29, 0.717) is 18.2 Å². The van der Waals surface area contributed by atoms with Crippen molar-refractivity contribution in [2.45, 2.75) is 33.7 Å². The number of rotatable bonds is 6. The van der Waals surface area contributed by atoms with Crippen LogP contribution in [0.3, 0.4) is 0 Å². The van der Waals surface area contributed by atoms with Gasteiger partial charge >= 0.3 is 0 Å². The number of thiocarbonyl (C=S) groups is 1. The molecular formula is C26H27FN4S. The summed E-state index contributed by atoms with van der Waals surface area (Å²) in [6, 6.07) is 17.1. The van der Waals surface area contributed by atoms with Crippen molar-refractivity contribution in [2.75, 3.05) is 11.9 Å². The zero-order valence-electron chi connectivity index (χ0n) is 18.6. The fourth-order valence-electron chi connectivity index (χ4n) is 4.11. The molecule has 0 aliphatic rings. The monoisotopic (exact) mass is 446 g/mol. The van der Waals surface area contributed by atoms with Crippen LogP contribution in [0.5, 0.6) is 0 Å². The Balaban J connectivity index is 1.57. The van der Waals surface area contributed by atoms with Crippen LogP contribution in [-0.4, -0.2) is 26.5 Å². The summed E-state index contributed by atoms with van der Waals surface area (Å²) in [5.41, 5.74) is 7.40. The molecule has 2 N–H and O–H groups in total. The molecule has 2 aromatic heterocycles. The Morgan fingerprint density at radius 1 is 1.06 bits per heavy atom. The van der Waals surface area contributed by atoms with E-state index in [1.54, 1.807) is 18.3 Å². The Morgan fingerprint density at radius 2 is 1.84 bits per heavy atom. The van der Waals surface area contributed by atoms with E-state index in [4.69, 9.17) is 12.2 Å². The second-order valence-electron chi connectivity index (χ2n) is 8.22. The largest absolute Gasteiger partial charge is 0.358 e. The number of hydrogen-bond donors (Lipinski definition) is 2. The molecule has 0 aliphatic carbocycles. The first-order chi connectivity index (χ1) is 15.4. The number of halogens is 1. The third-order valence-corrected chi connectivity index (χ3v) is 5.91. The van der Waals surface area contributed by atoms with Gasteiger partial charge in [0.05, 0.1) is 12.2 Å². The van der Waals surface area contributed by atoms with E-state index in [2.05, 4.69) is 52.2 Å². The van der Waals surface area contributed by atoms with Gasteiger partial charge in [-0.2, -0.15) is 0 Å². The van der Waals surface area contributed by atoms with Gasteiger partial charge < -0.3 is 15.2 Å². The number of hydrogen-bond acceptors (Lipinski definition) is 2. The Labute approximate surface area is 193 Å². The van der Waals surface area contributed by atoms with Gasteiger partial charge in [-0.05, 0) is 98.6 Å². The van der Waals surface area contributed by atoms with Crippen LogP contribution >= 0.6 is 12.2 Å². The van der Waals surface area contributed by atoms with Crippen molar-refractivity contribution in [3.05, 3.63) is 94.7 Å². The lowest BCUT2D eigenvalue weighted by Gasteiger charge is -2.26. The van der Waals surface area contributed by atoms with Crippen LogP contribution in [0.2, 0.25) is 0 Å². The Morgan fingerprint density at radius 3 is 2.56 bits per heavy atom. The number of nitrogens with zero attached hydrogens (tertiary/aromatic N) is 2. The number of nitrogens with one attached hydrogen (secondary N) is 2. The molecule has 0 spiro atoms. The standard InChI is InChI=1S/C26H27FN4S/c1-17-12-18(2)14-22(13-17)30-26(32)31(16-21-6-4-5-10-28-21)11-9-23-19(3)29-25-8-7-20(27)15-24(23)25/h4-8,10,12-15,29H,9,11,16H2,1-3H3,(H,30,32). The van der Waals surface area contributed by atoms with Crippen LogP contribution in [-0.2, 0) is 13.0 Å². The van der Waals surface area contributed by atoms with Crippen LogP contribution in [0.4, 0.5) is 10.1 Å². The van der Waals surface area contributed by atoms with E-state index < -0.39 is 0 Å². The lowest BCUT2D eigenvalue weighted by Crippen LogP contribution is -2.36. The predicted octanol–water partition coefficient (Wildman–Crippen LogP) is 6.07. The van der Waals surface area contributed by atoms with Gasteiger partial charge in [-0.15, -0.1) is 0 Å². The number of fused-ring (bicyclic) bond motifs is 1. The van der Waals surface area contributed by atoms with Crippen molar-refractivity contribution in [3.8, 4) is 0 Å². The lowest BCUT2D eigenvalue weighted by molar-refractivity contribution is 0.417. The summed E-state index contributed by atoms with van der Waals surface area (Å²) in [6.45, 7) is 7.45. The first kappa shape index (κ1) is 22.0. The second kappa shape index (κ2) is 9.49. The molecule has 0 saturated heterocycles. The van der Waals surface area contributed by atoms with Crippen LogP contribution in [0.15, 0.2) is 60.8 Å². The number of anilines is 1. The van der Waals surface area contributed by atoms with E-state index in [1.165, 1.54) is 17.2 Å². The van der Waals surface area contributed by atoms with Gasteiger partial charge in [0.25, 0.3) is 0 Å². The maximum atomic E-state index is 13.9. The Kier molecular flexibility index (Phi) is 6.51. The van der Waals surface area contributed by atoms with Crippen molar-refractivity contribution in [3.63, 3.8) is 0 Å². The second-order valence-corrected chi connectivity index (χ2v) is 8.60. The van der Waals surface area contributed by atoms with Gasteiger partial charge in [0, 0.05) is 35.0 Å². The number of benzene rings is 2. The summed E-state index contributed by atoms with van der Waals surface area (Å²) >= 11 is 5.81. The summed E-state index contributed by atoms with van der Waals surface area (Å²) in [7, 11) is 0. The average Bonchev–Trinajstić information content (AvgIpc) is 3.05. The number of aryl methyl sites for hydroxylation is 3. The zero-order valence-corrected chi connectivity index (χ0v) is 19.4. The summed E-state index contributed by atoms with van der Waals surface area (Å²) in [6.07, 6.45) is 2.53. The Bertz CT molecular complexity index is 1230. The van der Waals surface area contributed by atoms with Gasteiger partial charge in [0.1, 0.15) is 5.82 Å². The quantitative estimate of drug-likeness (QED) is 0.353. The smallest absolute Gasteiger partial charge is 0.173 e. The summed E-state index contributed by atoms with van der Waals surface area (Å²) in [5, 5.41) is 4.96. The molecule has 6 heteroatoms. The van der Waals surface area contributed by atoms with E-state index >= 15 is 0 Å². The highest BCUT2D eigenvalue weighted by atomic mass is 32.1. The molecule has 32 heavy (non-hydrogen) atoms. The topological polar surface area (TPSA) is 44.0 Å². The molecule has 0 aliphatic heterocycles. The number of pyridine rings is 1. The molecule has 0 fully saturated rings. The average molecular weight is 447 g/mol.